The summed E-state index contributed by atoms with van der Waals surface area (Å²) in [5, 5.41) is 0. The molecule has 0 saturated carbocycles. The van der Waals surface area contributed by atoms with Crippen LogP contribution >= 0.6 is 0 Å². The molecular weight excluding hydrogens is 202 g/mol. The van der Waals surface area contributed by atoms with Gasteiger partial charge in [-0.2, -0.15) is 0 Å². The van der Waals surface area contributed by atoms with Gasteiger partial charge in [0.2, 0.25) is 0 Å². The van der Waals surface area contributed by atoms with Crippen LogP contribution in [0.3, 0.4) is 0 Å². The van der Waals surface area contributed by atoms with E-state index in [1.807, 2.05) is 6.07 Å². The standard InChI is InChI=1S/C13H19NO2/c1-13(2)9-7-11(16-4)10(15-3)5-8(9)6-12(13)14/h5,7,12H,6,14H2,1-4H3. The largest absolute Gasteiger partial charge is 0.493 e. The maximum atomic E-state index is 6.16. The Morgan fingerprint density at radius 2 is 1.75 bits per heavy atom. The van der Waals surface area contributed by atoms with Gasteiger partial charge in [0.05, 0.1) is 14.2 Å². The number of methoxy groups -OCH3 is 2. The van der Waals surface area contributed by atoms with Crippen LogP contribution in [0.5, 0.6) is 11.5 Å². The van der Waals surface area contributed by atoms with Crippen molar-refractivity contribution in [3.63, 3.8) is 0 Å². The lowest BCUT2D eigenvalue weighted by Crippen LogP contribution is -2.36. The highest BCUT2D eigenvalue weighted by atomic mass is 16.5. The van der Waals surface area contributed by atoms with Crippen molar-refractivity contribution in [2.24, 2.45) is 5.73 Å². The lowest BCUT2D eigenvalue weighted by atomic mass is 9.83. The SMILES string of the molecule is COc1cc2c(cc1OC)C(C)(C)C(N)C2. The topological polar surface area (TPSA) is 44.5 Å². The van der Waals surface area contributed by atoms with Crippen molar-refractivity contribution in [3.05, 3.63) is 23.3 Å². The van der Waals surface area contributed by atoms with Gasteiger partial charge < -0.3 is 15.2 Å². The van der Waals surface area contributed by atoms with E-state index in [1.165, 1.54) is 11.1 Å². The summed E-state index contributed by atoms with van der Waals surface area (Å²) in [7, 11) is 3.32. The minimum absolute atomic E-state index is 0.00881. The predicted octanol–water partition coefficient (Wildman–Crippen LogP) is 1.86. The maximum Gasteiger partial charge on any atom is 0.161 e. The molecule has 0 bridgehead atoms. The molecule has 0 radical (unpaired) electrons. The quantitative estimate of drug-likeness (QED) is 0.829. The zero-order valence-electron chi connectivity index (χ0n) is 10.3. The first-order chi connectivity index (χ1) is 7.50. The fourth-order valence-electron chi connectivity index (χ4n) is 2.38. The van der Waals surface area contributed by atoms with Crippen LogP contribution < -0.4 is 15.2 Å². The second-order valence-electron chi connectivity index (χ2n) is 4.90. The van der Waals surface area contributed by atoms with Gasteiger partial charge in [-0.15, -0.1) is 0 Å². The van der Waals surface area contributed by atoms with Crippen molar-refractivity contribution in [1.29, 1.82) is 0 Å². The number of rotatable bonds is 2. The van der Waals surface area contributed by atoms with E-state index < -0.39 is 0 Å². The summed E-state index contributed by atoms with van der Waals surface area (Å²) in [5.41, 5.74) is 8.72. The third-order valence-corrected chi connectivity index (χ3v) is 3.67. The van der Waals surface area contributed by atoms with Crippen LogP contribution in [0.25, 0.3) is 0 Å². The van der Waals surface area contributed by atoms with Crippen LogP contribution in [0.1, 0.15) is 25.0 Å². The lowest BCUT2D eigenvalue weighted by molar-refractivity contribution is 0.353. The molecule has 1 aliphatic rings. The number of benzene rings is 1. The zero-order chi connectivity index (χ0) is 11.9. The molecule has 2 N–H and O–H groups in total. The molecule has 0 spiro atoms. The van der Waals surface area contributed by atoms with Crippen molar-refractivity contribution >= 4 is 0 Å². The average Bonchev–Trinajstić information content (AvgIpc) is 2.48. The third kappa shape index (κ3) is 1.47. The van der Waals surface area contributed by atoms with Gasteiger partial charge in [0.15, 0.2) is 11.5 Å². The van der Waals surface area contributed by atoms with Crippen molar-refractivity contribution in [2.75, 3.05) is 14.2 Å². The van der Waals surface area contributed by atoms with E-state index in [0.29, 0.717) is 0 Å². The van der Waals surface area contributed by atoms with Gasteiger partial charge >= 0.3 is 0 Å². The van der Waals surface area contributed by atoms with Gasteiger partial charge in [-0.05, 0) is 29.7 Å². The molecule has 0 heterocycles. The molecule has 0 fully saturated rings. The maximum absolute atomic E-state index is 6.16. The molecule has 0 aromatic heterocycles. The van der Waals surface area contributed by atoms with E-state index >= 15 is 0 Å². The molecule has 16 heavy (non-hydrogen) atoms. The van der Waals surface area contributed by atoms with Crippen LogP contribution in [0.4, 0.5) is 0 Å². The Hall–Kier alpha value is -1.22. The Kier molecular flexibility index (Phi) is 2.58. The summed E-state index contributed by atoms with van der Waals surface area (Å²) in [4.78, 5) is 0. The van der Waals surface area contributed by atoms with Crippen LogP contribution in [0, 0.1) is 0 Å². The van der Waals surface area contributed by atoms with Crippen LogP contribution in [0.2, 0.25) is 0 Å². The lowest BCUT2D eigenvalue weighted by Gasteiger charge is -2.25. The first-order valence-corrected chi connectivity index (χ1v) is 5.51. The molecule has 1 unspecified atom stereocenters. The van der Waals surface area contributed by atoms with Gasteiger partial charge in [-0.1, -0.05) is 13.8 Å². The monoisotopic (exact) mass is 221 g/mol. The van der Waals surface area contributed by atoms with Gasteiger partial charge in [0.25, 0.3) is 0 Å². The second-order valence-corrected chi connectivity index (χ2v) is 4.90. The Morgan fingerprint density at radius 1 is 1.19 bits per heavy atom. The Labute approximate surface area is 96.5 Å². The minimum atomic E-state index is 0.00881. The smallest absolute Gasteiger partial charge is 0.161 e. The van der Waals surface area contributed by atoms with E-state index in [0.717, 1.165) is 17.9 Å². The number of hydrogen-bond donors (Lipinski definition) is 1. The first kappa shape index (κ1) is 11.3. The molecule has 1 aliphatic carbocycles. The molecule has 3 nitrogen and oxygen atoms in total. The Balaban J connectivity index is 2.56. The normalized spacial score (nSPS) is 21.7. The summed E-state index contributed by atoms with van der Waals surface area (Å²) < 4.78 is 10.6. The number of ether oxygens (including phenoxy) is 2. The molecule has 1 aromatic rings. The van der Waals surface area contributed by atoms with Gasteiger partial charge in [0, 0.05) is 11.5 Å². The van der Waals surface area contributed by atoms with E-state index in [9.17, 15) is 0 Å². The molecule has 88 valence electrons. The molecule has 0 saturated heterocycles. The summed E-state index contributed by atoms with van der Waals surface area (Å²) in [6.07, 6.45) is 0.905. The van der Waals surface area contributed by atoms with E-state index in [2.05, 4.69) is 19.9 Å². The summed E-state index contributed by atoms with van der Waals surface area (Å²) in [6, 6.07) is 4.27. The van der Waals surface area contributed by atoms with Gasteiger partial charge in [0.1, 0.15) is 0 Å². The van der Waals surface area contributed by atoms with E-state index in [-0.39, 0.29) is 11.5 Å². The van der Waals surface area contributed by atoms with Crippen molar-refractivity contribution in [1.82, 2.24) is 0 Å². The molecular formula is C13H19NO2. The average molecular weight is 221 g/mol. The van der Waals surface area contributed by atoms with Gasteiger partial charge in [-0.3, -0.25) is 0 Å². The van der Waals surface area contributed by atoms with E-state index in [1.54, 1.807) is 14.2 Å². The fraction of sp³-hybridized carbons (Fsp3) is 0.538. The van der Waals surface area contributed by atoms with Crippen LogP contribution in [-0.2, 0) is 11.8 Å². The molecule has 1 atom stereocenters. The third-order valence-electron chi connectivity index (χ3n) is 3.67. The fourth-order valence-corrected chi connectivity index (χ4v) is 2.38. The number of fused-ring (bicyclic) bond motifs is 1. The molecule has 1 aromatic carbocycles. The molecule has 0 amide bonds. The predicted molar refractivity (Wildman–Crippen MR) is 64.3 cm³/mol. The Bertz CT molecular complexity index is 413. The van der Waals surface area contributed by atoms with Crippen LogP contribution in [-0.4, -0.2) is 20.3 Å². The number of hydrogen-bond acceptors (Lipinski definition) is 3. The van der Waals surface area contributed by atoms with E-state index in [4.69, 9.17) is 15.2 Å². The zero-order valence-corrected chi connectivity index (χ0v) is 10.3. The first-order valence-electron chi connectivity index (χ1n) is 5.51. The molecule has 2 rings (SSSR count). The van der Waals surface area contributed by atoms with Crippen molar-refractivity contribution in [2.45, 2.75) is 31.7 Å². The minimum Gasteiger partial charge on any atom is -0.493 e. The van der Waals surface area contributed by atoms with Crippen molar-refractivity contribution < 1.29 is 9.47 Å². The summed E-state index contributed by atoms with van der Waals surface area (Å²) in [6.45, 7) is 4.35. The summed E-state index contributed by atoms with van der Waals surface area (Å²) in [5.74, 6) is 1.56. The van der Waals surface area contributed by atoms with Crippen molar-refractivity contribution in [3.8, 4) is 11.5 Å². The highest BCUT2D eigenvalue weighted by Crippen LogP contribution is 2.42. The highest BCUT2D eigenvalue weighted by molar-refractivity contribution is 5.53. The van der Waals surface area contributed by atoms with Gasteiger partial charge in [-0.25, -0.2) is 0 Å². The molecule has 0 aliphatic heterocycles. The molecule has 3 heteroatoms. The number of nitrogens with two attached hydrogens (primary N) is 1. The summed E-state index contributed by atoms with van der Waals surface area (Å²) >= 11 is 0. The Morgan fingerprint density at radius 3 is 2.31 bits per heavy atom. The highest BCUT2D eigenvalue weighted by Gasteiger charge is 2.38. The van der Waals surface area contributed by atoms with Crippen LogP contribution in [0.15, 0.2) is 12.1 Å². The second kappa shape index (κ2) is 3.67.